The summed E-state index contributed by atoms with van der Waals surface area (Å²) in [6.45, 7) is 8.37. The number of benzene rings is 2. The lowest BCUT2D eigenvalue weighted by Gasteiger charge is -2.22. The van der Waals surface area contributed by atoms with Crippen LogP contribution in [0.4, 0.5) is 10.5 Å². The quantitative estimate of drug-likeness (QED) is 0.677. The van der Waals surface area contributed by atoms with E-state index in [-0.39, 0.29) is 18.7 Å². The zero-order valence-corrected chi connectivity index (χ0v) is 16.1. The number of para-hydroxylation sites is 1. The number of hydrogen-bond donors (Lipinski definition) is 3. The van der Waals surface area contributed by atoms with Gasteiger partial charge in [0.15, 0.2) is 0 Å². The Morgan fingerprint density at radius 3 is 2.00 bits per heavy atom. The highest BCUT2D eigenvalue weighted by Crippen LogP contribution is 2.32. The number of nitrogens with one attached hydrogen (secondary N) is 2. The summed E-state index contributed by atoms with van der Waals surface area (Å²) >= 11 is 0. The smallest absolute Gasteiger partial charge is 0.319 e. The van der Waals surface area contributed by atoms with Crippen molar-refractivity contribution in [2.24, 2.45) is 0 Å². The van der Waals surface area contributed by atoms with Gasteiger partial charge in [0.1, 0.15) is 0 Å². The number of carbonyl (C=O) groups excluding carboxylic acids is 1. The number of rotatable bonds is 7. The monoisotopic (exact) mass is 354 g/mol. The van der Waals surface area contributed by atoms with Crippen LogP contribution in [0.25, 0.3) is 0 Å². The second-order valence-electron chi connectivity index (χ2n) is 7.29. The number of anilines is 1. The van der Waals surface area contributed by atoms with Gasteiger partial charge in [-0.2, -0.15) is 0 Å². The van der Waals surface area contributed by atoms with Gasteiger partial charge in [-0.3, -0.25) is 0 Å². The Morgan fingerprint density at radius 2 is 1.50 bits per heavy atom. The summed E-state index contributed by atoms with van der Waals surface area (Å²) in [5.41, 5.74) is 4.20. The first-order valence-electron chi connectivity index (χ1n) is 9.27. The highest BCUT2D eigenvalue weighted by atomic mass is 16.3. The molecule has 2 aromatic carbocycles. The number of amides is 2. The van der Waals surface area contributed by atoms with E-state index in [9.17, 15) is 9.90 Å². The minimum absolute atomic E-state index is 0.106. The molecule has 1 unspecified atom stereocenters. The molecule has 1 atom stereocenters. The second-order valence-corrected chi connectivity index (χ2v) is 7.29. The van der Waals surface area contributed by atoms with Crippen LogP contribution >= 0.6 is 0 Å². The summed E-state index contributed by atoms with van der Waals surface area (Å²) in [6, 6.07) is 15.4. The summed E-state index contributed by atoms with van der Waals surface area (Å²) in [4.78, 5) is 12.6. The molecular weight excluding hydrogens is 324 g/mol. The third-order valence-corrected chi connectivity index (χ3v) is 4.49. The third kappa shape index (κ3) is 5.33. The Kier molecular flexibility index (Phi) is 7.22. The Labute approximate surface area is 156 Å². The van der Waals surface area contributed by atoms with Gasteiger partial charge in [-0.25, -0.2) is 4.79 Å². The molecule has 26 heavy (non-hydrogen) atoms. The van der Waals surface area contributed by atoms with Crippen LogP contribution in [0, 0.1) is 0 Å². The molecule has 2 amide bonds. The topological polar surface area (TPSA) is 61.4 Å². The van der Waals surface area contributed by atoms with Crippen molar-refractivity contribution < 1.29 is 9.90 Å². The van der Waals surface area contributed by atoms with Crippen molar-refractivity contribution in [1.82, 2.24) is 5.32 Å². The lowest BCUT2D eigenvalue weighted by Crippen LogP contribution is -2.41. The van der Waals surface area contributed by atoms with Gasteiger partial charge in [-0.05, 0) is 34.9 Å². The van der Waals surface area contributed by atoms with Crippen molar-refractivity contribution in [3.05, 3.63) is 65.2 Å². The van der Waals surface area contributed by atoms with Crippen LogP contribution in [0.1, 0.15) is 56.2 Å². The standard InChI is InChI=1S/C22H30N2O2/c1-15(2)19-11-8-12-20(16(3)4)21(19)24-22(26)23-18(14-25)13-17-9-6-5-7-10-17/h5-12,15-16,18,25H,13-14H2,1-4H3,(H2,23,24,26). The molecule has 0 heterocycles. The van der Waals surface area contributed by atoms with E-state index < -0.39 is 0 Å². The van der Waals surface area contributed by atoms with Gasteiger partial charge in [-0.15, -0.1) is 0 Å². The highest BCUT2D eigenvalue weighted by Gasteiger charge is 2.18. The SMILES string of the molecule is CC(C)c1cccc(C(C)C)c1NC(=O)NC(CO)Cc1ccccc1. The third-order valence-electron chi connectivity index (χ3n) is 4.49. The van der Waals surface area contributed by atoms with E-state index in [0.717, 1.165) is 22.4 Å². The molecule has 0 aliphatic heterocycles. The van der Waals surface area contributed by atoms with Gasteiger partial charge in [0, 0.05) is 5.69 Å². The summed E-state index contributed by atoms with van der Waals surface area (Å²) < 4.78 is 0. The van der Waals surface area contributed by atoms with E-state index in [2.05, 4.69) is 50.5 Å². The van der Waals surface area contributed by atoms with Crippen LogP contribution in [-0.2, 0) is 6.42 Å². The van der Waals surface area contributed by atoms with Gasteiger partial charge < -0.3 is 15.7 Å². The van der Waals surface area contributed by atoms with E-state index >= 15 is 0 Å². The Morgan fingerprint density at radius 1 is 0.923 bits per heavy atom. The summed E-state index contributed by atoms with van der Waals surface area (Å²) in [7, 11) is 0. The van der Waals surface area contributed by atoms with Crippen LogP contribution in [0.2, 0.25) is 0 Å². The van der Waals surface area contributed by atoms with Crippen molar-refractivity contribution >= 4 is 11.7 Å². The van der Waals surface area contributed by atoms with Crippen molar-refractivity contribution in [3.8, 4) is 0 Å². The maximum absolute atomic E-state index is 12.6. The molecule has 0 aromatic heterocycles. The first-order valence-corrected chi connectivity index (χ1v) is 9.27. The first-order chi connectivity index (χ1) is 12.4. The van der Waals surface area contributed by atoms with Gasteiger partial charge >= 0.3 is 6.03 Å². The molecule has 0 saturated heterocycles. The average molecular weight is 354 g/mol. The fourth-order valence-electron chi connectivity index (χ4n) is 3.09. The molecule has 0 fully saturated rings. The van der Waals surface area contributed by atoms with Gasteiger partial charge in [0.25, 0.3) is 0 Å². The Hall–Kier alpha value is -2.33. The van der Waals surface area contributed by atoms with Gasteiger partial charge in [0.2, 0.25) is 0 Å². The molecule has 4 heteroatoms. The molecule has 140 valence electrons. The molecular formula is C22H30N2O2. The Bertz CT molecular complexity index is 685. The van der Waals surface area contributed by atoms with Gasteiger partial charge in [-0.1, -0.05) is 76.2 Å². The maximum atomic E-state index is 12.6. The zero-order valence-electron chi connectivity index (χ0n) is 16.1. The minimum atomic E-state index is -0.328. The predicted octanol–water partition coefficient (Wildman–Crippen LogP) is 4.66. The van der Waals surface area contributed by atoms with E-state index in [1.165, 1.54) is 0 Å². The minimum Gasteiger partial charge on any atom is -0.394 e. The normalized spacial score (nSPS) is 12.3. The molecule has 2 aromatic rings. The fraction of sp³-hybridized carbons (Fsp3) is 0.409. The molecule has 0 aliphatic carbocycles. The van der Waals surface area contributed by atoms with Crippen LogP contribution < -0.4 is 10.6 Å². The van der Waals surface area contributed by atoms with Crippen molar-refractivity contribution in [2.45, 2.75) is 52.0 Å². The van der Waals surface area contributed by atoms with Gasteiger partial charge in [0.05, 0.1) is 12.6 Å². The number of hydrogen-bond acceptors (Lipinski definition) is 2. The molecule has 4 nitrogen and oxygen atoms in total. The number of carbonyl (C=O) groups is 1. The zero-order chi connectivity index (χ0) is 19.1. The van der Waals surface area contributed by atoms with E-state index in [4.69, 9.17) is 0 Å². The molecule has 0 saturated carbocycles. The summed E-state index contributed by atoms with van der Waals surface area (Å²) in [5, 5.41) is 15.6. The number of aliphatic hydroxyl groups excluding tert-OH is 1. The molecule has 0 radical (unpaired) electrons. The largest absolute Gasteiger partial charge is 0.394 e. The second kappa shape index (κ2) is 9.39. The number of aliphatic hydroxyl groups is 1. The van der Waals surface area contributed by atoms with Crippen LogP contribution in [0.15, 0.2) is 48.5 Å². The lowest BCUT2D eigenvalue weighted by molar-refractivity contribution is 0.224. The fourth-order valence-corrected chi connectivity index (χ4v) is 3.09. The lowest BCUT2D eigenvalue weighted by atomic mass is 9.93. The van der Waals surface area contributed by atoms with Crippen LogP contribution in [0.5, 0.6) is 0 Å². The Balaban J connectivity index is 2.13. The first kappa shape index (κ1) is 20.0. The summed E-state index contributed by atoms with van der Waals surface area (Å²) in [5.74, 6) is 0.615. The average Bonchev–Trinajstić information content (AvgIpc) is 2.61. The van der Waals surface area contributed by atoms with Crippen molar-refractivity contribution in [3.63, 3.8) is 0 Å². The maximum Gasteiger partial charge on any atom is 0.319 e. The summed E-state index contributed by atoms with van der Waals surface area (Å²) in [6.07, 6.45) is 0.591. The molecule has 3 N–H and O–H groups in total. The van der Waals surface area contributed by atoms with E-state index in [1.54, 1.807) is 0 Å². The molecule has 0 aliphatic rings. The van der Waals surface area contributed by atoms with Crippen LogP contribution in [0.3, 0.4) is 0 Å². The van der Waals surface area contributed by atoms with Crippen molar-refractivity contribution in [1.29, 1.82) is 0 Å². The molecule has 0 bridgehead atoms. The van der Waals surface area contributed by atoms with E-state index in [0.29, 0.717) is 18.3 Å². The van der Waals surface area contributed by atoms with Crippen molar-refractivity contribution in [2.75, 3.05) is 11.9 Å². The highest BCUT2D eigenvalue weighted by molar-refractivity contribution is 5.91. The van der Waals surface area contributed by atoms with E-state index in [1.807, 2.05) is 36.4 Å². The number of urea groups is 1. The molecule has 0 spiro atoms. The van der Waals surface area contributed by atoms with Crippen LogP contribution in [-0.4, -0.2) is 23.8 Å². The molecule has 2 rings (SSSR count). The predicted molar refractivity (Wildman–Crippen MR) is 108 cm³/mol.